The minimum absolute atomic E-state index is 0.240. The average molecular weight is 877 g/mol. The van der Waals surface area contributed by atoms with Crippen molar-refractivity contribution in [3.8, 4) is 23.5 Å². The van der Waals surface area contributed by atoms with Gasteiger partial charge in [0.05, 0.1) is 67.2 Å². The fourth-order valence-corrected chi connectivity index (χ4v) is 8.26. The molecule has 288 valence electrons. The monoisotopic (exact) mass is 876 g/mol. The molecule has 10 nitrogen and oxygen atoms in total. The molecule has 0 spiro atoms. The van der Waals surface area contributed by atoms with E-state index in [0.29, 0.717) is 35.1 Å². The molecule has 0 fully saturated rings. The molecule has 0 saturated heterocycles. The van der Waals surface area contributed by atoms with E-state index in [1.807, 2.05) is 28.2 Å². The Morgan fingerprint density at radius 3 is 1.74 bits per heavy atom. The number of benzene rings is 1. The van der Waals surface area contributed by atoms with E-state index in [1.54, 1.807) is 0 Å². The maximum absolute atomic E-state index is 11.2. The number of aliphatic imine (C=N–C) groups is 1. The number of halogens is 1. The summed E-state index contributed by atoms with van der Waals surface area (Å²) in [5, 5.41) is 0. The Bertz CT molecular complexity index is 2060. The summed E-state index contributed by atoms with van der Waals surface area (Å²) >= 11 is 2.32. The second-order valence-corrected chi connectivity index (χ2v) is 19.3. The Balaban J connectivity index is 2.29. The van der Waals surface area contributed by atoms with Gasteiger partial charge in [-0.1, -0.05) is 37.8 Å². The fraction of sp³-hybridized carbons (Fsp3) is 0.513. The van der Waals surface area contributed by atoms with Crippen LogP contribution in [0.4, 0.5) is 0 Å². The van der Waals surface area contributed by atoms with Crippen LogP contribution in [0.2, 0.25) is 0 Å². The van der Waals surface area contributed by atoms with E-state index >= 15 is 0 Å². The van der Waals surface area contributed by atoms with Crippen LogP contribution in [0.3, 0.4) is 0 Å². The van der Waals surface area contributed by atoms with Gasteiger partial charge in [0.25, 0.3) is 0 Å². The molecule has 1 aromatic carbocycles. The van der Waals surface area contributed by atoms with E-state index in [0.717, 1.165) is 61.5 Å². The third-order valence-electron chi connectivity index (χ3n) is 9.75. The van der Waals surface area contributed by atoms with Gasteiger partial charge in [-0.2, -0.15) is 0 Å². The van der Waals surface area contributed by atoms with Crippen LogP contribution >= 0.6 is 22.6 Å². The van der Waals surface area contributed by atoms with Gasteiger partial charge in [-0.25, -0.2) is 16.8 Å². The van der Waals surface area contributed by atoms with Crippen LogP contribution in [-0.4, -0.2) is 118 Å². The van der Waals surface area contributed by atoms with Gasteiger partial charge in [0.1, 0.15) is 13.1 Å². The lowest BCUT2D eigenvalue weighted by Gasteiger charge is -2.28. The summed E-state index contributed by atoms with van der Waals surface area (Å²) in [7, 11) is -0.766. The molecule has 2 heterocycles. The van der Waals surface area contributed by atoms with Crippen molar-refractivity contribution in [2.75, 3.05) is 65.9 Å². The summed E-state index contributed by atoms with van der Waals surface area (Å²) < 4.78 is 71.6. The molecule has 0 aliphatic carbocycles. The maximum Gasteiger partial charge on any atom is 0.433 e. The highest BCUT2D eigenvalue weighted by Crippen LogP contribution is 2.40. The topological polar surface area (TPSA) is 132 Å². The van der Waals surface area contributed by atoms with Crippen LogP contribution in [0.25, 0.3) is 5.57 Å². The van der Waals surface area contributed by atoms with Crippen LogP contribution in [0.5, 0.6) is 0 Å². The summed E-state index contributed by atoms with van der Waals surface area (Å²) in [4.78, 5) is 5.18. The number of quaternary nitrogens is 2. The first-order chi connectivity index (χ1) is 24.5. The standard InChI is InChI=1S/C39H54BIN4O6S2/c1-11-35-29(3)38(42-31(35)5)37(33-17-19-34(41)20-18-33)39-30(4)36(12-2)32(6)43(39)40(21-13-23-44(7,8)25-15-27-52(46,47)48)22-14-24-45(9,10)26-16-28-53(49,50)51/h17-20H,11-12,15-16,23-28H2,1-10H3/b38-37-. The zero-order valence-corrected chi connectivity index (χ0v) is 36.7. The highest BCUT2D eigenvalue weighted by molar-refractivity contribution is 14.1. The Labute approximate surface area is 332 Å². The smallest absolute Gasteiger partial charge is 0.433 e. The SMILES string of the molecule is CCC1=C(C)/C(=C(\c2ccc(I)cc2)c2c(C)c(CC)c(C)n2B(C#CC[N+](C)(C)CCCS(=O)(=O)[O-])C#CC[N+](C)(C)CCCS(=O)(=O)[O-])N=C1C. The van der Waals surface area contributed by atoms with Gasteiger partial charge in [0.15, 0.2) is 0 Å². The molecular weight excluding hydrogens is 822 g/mol. The molecule has 1 aromatic heterocycles. The summed E-state index contributed by atoms with van der Waals surface area (Å²) in [6.45, 7) is 14.0. The lowest BCUT2D eigenvalue weighted by atomic mass is 9.63. The van der Waals surface area contributed by atoms with Gasteiger partial charge < -0.3 is 22.5 Å². The van der Waals surface area contributed by atoms with Crippen LogP contribution in [0.1, 0.15) is 75.0 Å². The molecule has 3 rings (SSSR count). The van der Waals surface area contributed by atoms with Crippen molar-refractivity contribution in [3.63, 3.8) is 0 Å². The molecular formula is C39H54BIN4O6S2. The third kappa shape index (κ3) is 12.7. The molecule has 53 heavy (non-hydrogen) atoms. The van der Waals surface area contributed by atoms with Crippen molar-refractivity contribution in [3.05, 3.63) is 72.8 Å². The molecule has 0 N–H and O–H groups in total. The van der Waals surface area contributed by atoms with Crippen LogP contribution in [-0.2, 0) is 26.7 Å². The number of hydrogen-bond donors (Lipinski definition) is 0. The van der Waals surface area contributed by atoms with E-state index < -0.39 is 38.6 Å². The van der Waals surface area contributed by atoms with Gasteiger partial charge in [0, 0.05) is 50.6 Å². The molecule has 0 bridgehead atoms. The summed E-state index contributed by atoms with van der Waals surface area (Å²) in [6.07, 6.45) is 2.15. The number of allylic oxidation sites excluding steroid dienone is 2. The van der Waals surface area contributed by atoms with E-state index in [-0.39, 0.29) is 12.8 Å². The molecule has 1 aliphatic heterocycles. The van der Waals surface area contributed by atoms with Crippen LogP contribution < -0.4 is 0 Å². The van der Waals surface area contributed by atoms with Gasteiger partial charge in [-0.05, 0) is 103 Å². The van der Waals surface area contributed by atoms with Crippen LogP contribution in [0.15, 0.2) is 46.1 Å². The Morgan fingerprint density at radius 2 is 1.32 bits per heavy atom. The highest BCUT2D eigenvalue weighted by Gasteiger charge is 2.31. The molecule has 0 amide bonds. The normalized spacial score (nSPS) is 14.8. The van der Waals surface area contributed by atoms with Crippen molar-refractivity contribution in [1.82, 2.24) is 4.48 Å². The van der Waals surface area contributed by atoms with Crippen molar-refractivity contribution in [2.45, 2.75) is 67.2 Å². The first kappa shape index (κ1) is 44.7. The molecule has 0 saturated carbocycles. The summed E-state index contributed by atoms with van der Waals surface area (Å²) in [5.74, 6) is 12.9. The minimum Gasteiger partial charge on any atom is -0.748 e. The van der Waals surface area contributed by atoms with Gasteiger partial charge >= 0.3 is 6.85 Å². The molecule has 0 radical (unpaired) electrons. The predicted octanol–water partition coefficient (Wildman–Crippen LogP) is 5.18. The van der Waals surface area contributed by atoms with E-state index in [4.69, 9.17) is 4.99 Å². The maximum atomic E-state index is 11.2. The Kier molecular flexibility index (Phi) is 15.4. The van der Waals surface area contributed by atoms with Crippen molar-refractivity contribution >= 4 is 61.0 Å². The largest absolute Gasteiger partial charge is 0.748 e. The number of rotatable bonds is 15. The summed E-state index contributed by atoms with van der Waals surface area (Å²) in [6, 6.07) is 8.48. The zero-order chi connectivity index (χ0) is 39.9. The lowest BCUT2D eigenvalue weighted by Crippen LogP contribution is -2.41. The fourth-order valence-electron chi connectivity index (χ4n) is 6.93. The molecule has 0 atom stereocenters. The summed E-state index contributed by atoms with van der Waals surface area (Å²) in [5.41, 5.74) is 10.8. The van der Waals surface area contributed by atoms with E-state index in [1.165, 1.54) is 11.1 Å². The first-order valence-corrected chi connectivity index (χ1v) is 22.2. The molecule has 1 aliphatic rings. The third-order valence-corrected chi connectivity index (χ3v) is 12.0. The van der Waals surface area contributed by atoms with Gasteiger partial charge in [0.2, 0.25) is 0 Å². The van der Waals surface area contributed by atoms with E-state index in [9.17, 15) is 25.9 Å². The number of nitrogens with zero attached hydrogens (tertiary/aromatic N) is 4. The first-order valence-electron chi connectivity index (χ1n) is 17.9. The predicted molar refractivity (Wildman–Crippen MR) is 223 cm³/mol. The quantitative estimate of drug-likeness (QED) is 0.0798. The lowest BCUT2D eigenvalue weighted by molar-refractivity contribution is -0.883. The minimum atomic E-state index is -4.30. The molecule has 0 unspecified atom stereocenters. The van der Waals surface area contributed by atoms with Crippen molar-refractivity contribution < 1.29 is 34.9 Å². The van der Waals surface area contributed by atoms with Gasteiger partial charge in [-0.15, -0.1) is 11.6 Å². The Hall–Kier alpha value is -2.70. The van der Waals surface area contributed by atoms with Crippen LogP contribution in [0, 0.1) is 40.9 Å². The van der Waals surface area contributed by atoms with Crippen molar-refractivity contribution in [1.29, 1.82) is 0 Å². The number of aromatic nitrogens is 1. The highest BCUT2D eigenvalue weighted by atomic mass is 127. The van der Waals surface area contributed by atoms with Gasteiger partial charge in [-0.3, -0.25) is 4.99 Å². The second-order valence-electron chi connectivity index (χ2n) is 15.1. The van der Waals surface area contributed by atoms with Crippen molar-refractivity contribution in [2.24, 2.45) is 4.99 Å². The zero-order valence-electron chi connectivity index (χ0n) is 32.9. The molecule has 14 heteroatoms. The number of hydrogen-bond acceptors (Lipinski definition) is 7. The Morgan fingerprint density at radius 1 is 0.830 bits per heavy atom. The molecule has 2 aromatic rings. The second kappa shape index (κ2) is 18.3. The van der Waals surface area contributed by atoms with E-state index in [2.05, 4.69) is 116 Å². The average Bonchev–Trinajstić information content (AvgIpc) is 3.45.